The van der Waals surface area contributed by atoms with Crippen LogP contribution in [0.4, 0.5) is 0 Å². The molecule has 0 radical (unpaired) electrons. The second-order valence-electron chi connectivity index (χ2n) is 4.79. The summed E-state index contributed by atoms with van der Waals surface area (Å²) >= 11 is 0. The van der Waals surface area contributed by atoms with Gasteiger partial charge < -0.3 is 24.1 Å². The van der Waals surface area contributed by atoms with Gasteiger partial charge in [-0.15, -0.1) is 0 Å². The summed E-state index contributed by atoms with van der Waals surface area (Å²) in [6, 6.07) is 5.87. The molecule has 1 aromatic heterocycles. The fraction of sp³-hybridized carbons (Fsp3) is 0.133. The molecule has 6 nitrogen and oxygen atoms in total. The first-order chi connectivity index (χ1) is 10.1. The smallest absolute Gasteiger partial charge is 0.344 e. The number of hydrogen-bond acceptors (Lipinski definition) is 6. The third-order valence-electron chi connectivity index (χ3n) is 3.66. The number of rotatable bonds is 1. The highest BCUT2D eigenvalue weighted by atomic mass is 16.7. The van der Waals surface area contributed by atoms with Crippen molar-refractivity contribution in [1.29, 1.82) is 0 Å². The Kier molecular flexibility index (Phi) is 2.23. The molecular weight excluding hydrogens is 276 g/mol. The van der Waals surface area contributed by atoms with Gasteiger partial charge in [-0.25, -0.2) is 4.79 Å². The average molecular weight is 286 g/mol. The molecule has 0 aliphatic carbocycles. The molecule has 6 heteroatoms. The van der Waals surface area contributed by atoms with E-state index in [0.29, 0.717) is 16.3 Å². The summed E-state index contributed by atoms with van der Waals surface area (Å²) in [7, 11) is 1.46. The minimum absolute atomic E-state index is 0.0576. The van der Waals surface area contributed by atoms with Gasteiger partial charge in [0, 0.05) is 23.4 Å². The molecule has 0 saturated carbocycles. The Bertz CT molecular complexity index is 956. The van der Waals surface area contributed by atoms with E-state index in [1.165, 1.54) is 25.3 Å². The number of phenolic OH excluding ortho intramolecular Hbond substituents is 2. The van der Waals surface area contributed by atoms with E-state index in [0.717, 1.165) is 0 Å². The molecule has 0 bridgehead atoms. The lowest BCUT2D eigenvalue weighted by atomic mass is 9.98. The van der Waals surface area contributed by atoms with Crippen molar-refractivity contribution < 1.29 is 24.1 Å². The molecule has 0 amide bonds. The van der Waals surface area contributed by atoms with Crippen LogP contribution >= 0.6 is 0 Å². The van der Waals surface area contributed by atoms with E-state index in [1.54, 1.807) is 6.07 Å². The van der Waals surface area contributed by atoms with Crippen molar-refractivity contribution in [2.45, 2.75) is 6.29 Å². The SMILES string of the molecule is CO[C@H]1Oc2c(O)ccc3c(=O)oc4c(O)ccc1c4c23. The van der Waals surface area contributed by atoms with Crippen LogP contribution in [0.2, 0.25) is 0 Å². The monoisotopic (exact) mass is 286 g/mol. The second kappa shape index (κ2) is 3.89. The van der Waals surface area contributed by atoms with E-state index in [2.05, 4.69) is 0 Å². The first-order valence-corrected chi connectivity index (χ1v) is 6.25. The van der Waals surface area contributed by atoms with Crippen molar-refractivity contribution in [2.75, 3.05) is 7.11 Å². The second-order valence-corrected chi connectivity index (χ2v) is 4.79. The van der Waals surface area contributed by atoms with Crippen LogP contribution in [0.3, 0.4) is 0 Å². The third kappa shape index (κ3) is 1.42. The molecule has 1 atom stereocenters. The van der Waals surface area contributed by atoms with Crippen LogP contribution < -0.4 is 10.4 Å². The molecule has 2 N–H and O–H groups in total. The van der Waals surface area contributed by atoms with E-state index in [-0.39, 0.29) is 28.2 Å². The molecule has 106 valence electrons. The topological polar surface area (TPSA) is 89.1 Å². The van der Waals surface area contributed by atoms with Crippen molar-refractivity contribution in [3.8, 4) is 17.2 Å². The highest BCUT2D eigenvalue weighted by Crippen LogP contribution is 2.47. The van der Waals surface area contributed by atoms with Crippen molar-refractivity contribution in [2.24, 2.45) is 0 Å². The molecule has 21 heavy (non-hydrogen) atoms. The number of ether oxygens (including phenoxy) is 2. The zero-order valence-electron chi connectivity index (χ0n) is 10.9. The van der Waals surface area contributed by atoms with E-state index in [4.69, 9.17) is 13.9 Å². The maximum Gasteiger partial charge on any atom is 0.344 e. The number of methoxy groups -OCH3 is 1. The van der Waals surface area contributed by atoms with E-state index in [9.17, 15) is 15.0 Å². The Morgan fingerprint density at radius 1 is 1.10 bits per heavy atom. The Morgan fingerprint density at radius 3 is 2.62 bits per heavy atom. The lowest BCUT2D eigenvalue weighted by Gasteiger charge is -2.26. The van der Waals surface area contributed by atoms with E-state index in [1.807, 2.05) is 0 Å². The van der Waals surface area contributed by atoms with Crippen LogP contribution in [-0.4, -0.2) is 17.3 Å². The summed E-state index contributed by atoms with van der Waals surface area (Å²) in [4.78, 5) is 12.0. The van der Waals surface area contributed by atoms with E-state index < -0.39 is 11.9 Å². The van der Waals surface area contributed by atoms with Gasteiger partial charge in [0.15, 0.2) is 22.8 Å². The van der Waals surface area contributed by atoms with Crippen LogP contribution in [0.25, 0.3) is 21.7 Å². The van der Waals surface area contributed by atoms with Gasteiger partial charge in [0.2, 0.25) is 6.29 Å². The standard InChI is InChI=1S/C15H10O6/c1-19-15-7-3-5-8(16)12-11(7)10-6(14(18)20-12)2-4-9(17)13(10)21-15/h2-5,15-17H,1H3/t15-/m0/s1. The summed E-state index contributed by atoms with van der Waals surface area (Å²) in [6.45, 7) is 0. The van der Waals surface area contributed by atoms with Crippen molar-refractivity contribution in [3.05, 3.63) is 40.2 Å². The number of phenols is 2. The molecule has 0 fully saturated rings. The van der Waals surface area contributed by atoms with Gasteiger partial charge in [0.1, 0.15) is 0 Å². The molecule has 1 aliphatic heterocycles. The average Bonchev–Trinajstić information content (AvgIpc) is 2.49. The first kappa shape index (κ1) is 12.0. The van der Waals surface area contributed by atoms with Gasteiger partial charge in [-0.3, -0.25) is 0 Å². The molecule has 0 spiro atoms. The molecule has 2 aromatic carbocycles. The molecule has 0 unspecified atom stereocenters. The molecule has 0 saturated heterocycles. The number of benzene rings is 2. The Labute approximate surface area is 117 Å². The van der Waals surface area contributed by atoms with Crippen LogP contribution in [0.15, 0.2) is 33.5 Å². The normalized spacial score (nSPS) is 16.5. The predicted molar refractivity (Wildman–Crippen MR) is 73.7 cm³/mol. The summed E-state index contributed by atoms with van der Waals surface area (Å²) < 4.78 is 16.1. The molecular formula is C15H10O6. The molecule has 4 rings (SSSR count). The van der Waals surface area contributed by atoms with Gasteiger partial charge in [-0.05, 0) is 24.3 Å². The minimum Gasteiger partial charge on any atom is -0.504 e. The van der Waals surface area contributed by atoms with Gasteiger partial charge in [-0.2, -0.15) is 0 Å². The lowest BCUT2D eigenvalue weighted by molar-refractivity contribution is -0.0568. The van der Waals surface area contributed by atoms with E-state index >= 15 is 0 Å². The zero-order chi connectivity index (χ0) is 14.7. The van der Waals surface area contributed by atoms with Gasteiger partial charge in [-0.1, -0.05) is 0 Å². The molecule has 1 aliphatic rings. The molecule has 3 aromatic rings. The van der Waals surface area contributed by atoms with Crippen LogP contribution in [0, 0.1) is 0 Å². The third-order valence-corrected chi connectivity index (χ3v) is 3.66. The maximum atomic E-state index is 12.0. The van der Waals surface area contributed by atoms with Crippen LogP contribution in [-0.2, 0) is 4.74 Å². The quantitative estimate of drug-likeness (QED) is 0.527. The highest BCUT2D eigenvalue weighted by Gasteiger charge is 2.29. The van der Waals surface area contributed by atoms with Gasteiger partial charge >= 0.3 is 5.63 Å². The van der Waals surface area contributed by atoms with Crippen LogP contribution in [0.5, 0.6) is 17.2 Å². The Balaban J connectivity index is 2.37. The summed E-state index contributed by atoms with van der Waals surface area (Å²) in [5.41, 5.74) is 0.0741. The number of hydrogen-bond donors (Lipinski definition) is 2. The van der Waals surface area contributed by atoms with Gasteiger partial charge in [0.05, 0.1) is 5.39 Å². The zero-order valence-corrected chi connectivity index (χ0v) is 10.9. The number of aromatic hydroxyl groups is 2. The fourth-order valence-corrected chi connectivity index (χ4v) is 2.75. The maximum absolute atomic E-state index is 12.0. The minimum atomic E-state index is -0.759. The molecule has 2 heterocycles. The highest BCUT2D eigenvalue weighted by molar-refractivity contribution is 6.12. The Hall–Kier alpha value is -2.73. The summed E-state index contributed by atoms with van der Waals surface area (Å²) in [5, 5.41) is 21.1. The summed E-state index contributed by atoms with van der Waals surface area (Å²) in [5.74, 6) is -0.111. The van der Waals surface area contributed by atoms with Crippen molar-refractivity contribution >= 4 is 21.7 Å². The largest absolute Gasteiger partial charge is 0.504 e. The summed E-state index contributed by atoms with van der Waals surface area (Å²) in [6.07, 6.45) is -0.759. The lowest BCUT2D eigenvalue weighted by Crippen LogP contribution is -2.16. The first-order valence-electron chi connectivity index (χ1n) is 6.25. The van der Waals surface area contributed by atoms with Crippen molar-refractivity contribution in [3.63, 3.8) is 0 Å². The predicted octanol–water partition coefficient (Wildman–Crippen LogP) is 2.39. The Morgan fingerprint density at radius 2 is 1.86 bits per heavy atom. The van der Waals surface area contributed by atoms with Crippen molar-refractivity contribution in [1.82, 2.24) is 0 Å². The van der Waals surface area contributed by atoms with Crippen LogP contribution in [0.1, 0.15) is 11.9 Å². The fourth-order valence-electron chi connectivity index (χ4n) is 2.75. The van der Waals surface area contributed by atoms with Gasteiger partial charge in [0.25, 0.3) is 0 Å².